The molecule has 4 aliphatic heterocycles. The van der Waals surface area contributed by atoms with Gasteiger partial charge in [0.2, 0.25) is 0 Å². The molecular formula is C58H96F2O6. The van der Waals surface area contributed by atoms with Crippen LogP contribution in [0.25, 0.3) is 0 Å². The summed E-state index contributed by atoms with van der Waals surface area (Å²) < 4.78 is 56.6. The first-order valence-electron chi connectivity index (χ1n) is 25.3. The van der Waals surface area contributed by atoms with Crippen molar-refractivity contribution in [3.05, 3.63) is 106 Å². The lowest BCUT2D eigenvalue weighted by Crippen LogP contribution is -2.27. The van der Waals surface area contributed by atoms with E-state index in [1.807, 2.05) is 39.8 Å². The largest absolute Gasteiger partial charge is 0.378 e. The van der Waals surface area contributed by atoms with Crippen LogP contribution in [-0.4, -0.2) is 64.4 Å². The van der Waals surface area contributed by atoms with Crippen molar-refractivity contribution in [1.29, 1.82) is 0 Å². The van der Waals surface area contributed by atoms with E-state index in [9.17, 15) is 8.78 Å². The Morgan fingerprint density at radius 1 is 0.318 bits per heavy atom. The summed E-state index contributed by atoms with van der Waals surface area (Å²) in [5, 5.41) is 0. The van der Waals surface area contributed by atoms with Crippen molar-refractivity contribution in [3.63, 3.8) is 0 Å². The average molecular weight is 927 g/mol. The highest BCUT2D eigenvalue weighted by Gasteiger charge is 2.16. The lowest BCUT2D eigenvalue weighted by molar-refractivity contribution is -0.187. The Morgan fingerprint density at radius 2 is 0.576 bits per heavy atom. The number of hydrogen-bond donors (Lipinski definition) is 0. The molecule has 3 aromatic carbocycles. The molecule has 0 amide bonds. The van der Waals surface area contributed by atoms with E-state index in [0.29, 0.717) is 35.2 Å². The molecule has 4 atom stereocenters. The van der Waals surface area contributed by atoms with Crippen LogP contribution in [0.2, 0.25) is 0 Å². The molecule has 8 heteroatoms. The Bertz CT molecular complexity index is 1370. The van der Waals surface area contributed by atoms with Crippen LogP contribution in [0.5, 0.6) is 0 Å². The summed E-state index contributed by atoms with van der Waals surface area (Å²) in [4.78, 5) is 0. The van der Waals surface area contributed by atoms with E-state index in [4.69, 9.17) is 28.4 Å². The molecule has 0 N–H and O–H groups in total. The molecule has 8 rings (SSSR count). The quantitative estimate of drug-likeness (QED) is 0.224. The van der Waals surface area contributed by atoms with Crippen molar-refractivity contribution >= 4 is 0 Å². The van der Waals surface area contributed by atoms with Gasteiger partial charge in [-0.1, -0.05) is 127 Å². The number of benzene rings is 3. The first kappa shape index (κ1) is 61.3. The smallest absolute Gasteiger partial charge is 0.154 e. The summed E-state index contributed by atoms with van der Waals surface area (Å²) in [6, 6.07) is 18.9. The fraction of sp³-hybridized carbons (Fsp3) is 0.690. The molecular weight excluding hydrogens is 831 g/mol. The van der Waals surface area contributed by atoms with Crippen LogP contribution < -0.4 is 0 Å². The minimum Gasteiger partial charge on any atom is -0.378 e. The number of ether oxygens (including phenoxy) is 6. The normalized spacial score (nSPS) is 27.8. The Labute approximate surface area is 403 Å². The summed E-state index contributed by atoms with van der Waals surface area (Å²) in [6.07, 6.45) is 12.2. The second-order valence-corrected chi connectivity index (χ2v) is 20.4. The van der Waals surface area contributed by atoms with Gasteiger partial charge in [0.1, 0.15) is 11.6 Å². The maximum Gasteiger partial charge on any atom is 0.154 e. The summed E-state index contributed by atoms with van der Waals surface area (Å²) in [6.45, 7) is 38.4. The maximum absolute atomic E-state index is 12.6. The summed E-state index contributed by atoms with van der Waals surface area (Å²) >= 11 is 0. The van der Waals surface area contributed by atoms with Gasteiger partial charge in [-0.15, -0.1) is 0 Å². The van der Waals surface area contributed by atoms with E-state index in [0.717, 1.165) is 74.4 Å². The number of aryl methyl sites for hydroxylation is 6. The van der Waals surface area contributed by atoms with Crippen LogP contribution in [0.4, 0.5) is 8.78 Å². The summed E-state index contributed by atoms with van der Waals surface area (Å²) in [5.74, 6) is 4.55. The zero-order valence-electron chi connectivity index (χ0n) is 44.7. The van der Waals surface area contributed by atoms with Gasteiger partial charge >= 0.3 is 0 Å². The summed E-state index contributed by atoms with van der Waals surface area (Å²) in [5.41, 5.74) is 6.02. The van der Waals surface area contributed by atoms with E-state index in [1.54, 1.807) is 26.0 Å². The minimum atomic E-state index is -0.116. The third-order valence-electron chi connectivity index (χ3n) is 12.1. The second kappa shape index (κ2) is 35.4. The highest BCUT2D eigenvalue weighted by molar-refractivity contribution is 5.22. The molecule has 6 nitrogen and oxygen atoms in total. The van der Waals surface area contributed by atoms with E-state index < -0.39 is 0 Å². The van der Waals surface area contributed by atoms with Gasteiger partial charge in [-0.25, -0.2) is 8.78 Å². The average Bonchev–Trinajstić information content (AvgIpc) is 3.29. The standard InChI is InChI=1S/2C8H9F.C8H16.C8H10.2C7H14O.2C6H12O2/c2*1-6-3-4-7(2)8(9)5-6;2*1-7-3-5-8(2)6-4-7;2*1-6-3-4-7(2)8-5-6;2*1-5-3-7-6(2)8-4-5/h2*3-5H,1-2H3;7-8H,3-6H2,1-2H3;3-6H,1-2H3;2*6-7H,3-5H2,1-2H3;2*5-6H,3-4H2,1-2H3. The van der Waals surface area contributed by atoms with Gasteiger partial charge in [-0.05, 0) is 153 Å². The Morgan fingerprint density at radius 3 is 0.788 bits per heavy atom. The van der Waals surface area contributed by atoms with Crippen molar-refractivity contribution < 1.29 is 37.2 Å². The van der Waals surface area contributed by atoms with Crippen LogP contribution in [0.15, 0.2) is 60.7 Å². The van der Waals surface area contributed by atoms with Gasteiger partial charge in [0.15, 0.2) is 12.6 Å². The van der Waals surface area contributed by atoms with Crippen LogP contribution in [0.3, 0.4) is 0 Å². The molecule has 5 aliphatic rings. The van der Waals surface area contributed by atoms with E-state index in [2.05, 4.69) is 93.5 Å². The highest BCUT2D eigenvalue weighted by Crippen LogP contribution is 2.27. The Balaban J connectivity index is 0.000000377. The molecule has 4 heterocycles. The molecule has 5 fully saturated rings. The third kappa shape index (κ3) is 32.1. The zero-order chi connectivity index (χ0) is 49.6. The minimum absolute atomic E-state index is 0.0196. The fourth-order valence-corrected chi connectivity index (χ4v) is 6.88. The van der Waals surface area contributed by atoms with Gasteiger partial charge in [0.25, 0.3) is 0 Å². The van der Waals surface area contributed by atoms with Gasteiger partial charge in [0.05, 0.1) is 38.6 Å². The van der Waals surface area contributed by atoms with Crippen molar-refractivity contribution in [1.82, 2.24) is 0 Å². The van der Waals surface area contributed by atoms with Crippen molar-refractivity contribution in [3.8, 4) is 0 Å². The van der Waals surface area contributed by atoms with E-state index in [-0.39, 0.29) is 24.2 Å². The molecule has 378 valence electrons. The van der Waals surface area contributed by atoms with Crippen LogP contribution >= 0.6 is 0 Å². The van der Waals surface area contributed by atoms with Gasteiger partial charge in [-0.3, -0.25) is 0 Å². The second-order valence-electron chi connectivity index (χ2n) is 20.4. The number of hydrogen-bond acceptors (Lipinski definition) is 6. The molecule has 0 radical (unpaired) electrons. The number of rotatable bonds is 0. The summed E-state index contributed by atoms with van der Waals surface area (Å²) in [7, 11) is 0. The molecule has 3 aromatic rings. The topological polar surface area (TPSA) is 55.4 Å². The first-order valence-corrected chi connectivity index (χ1v) is 25.3. The molecule has 4 unspecified atom stereocenters. The SMILES string of the molecule is CC1CCC(C)CC1.CC1CCC(C)OC1.CC1CCC(C)OC1.CC1COC(C)OC1.CC1COC(C)OC1.Cc1ccc(C)c(F)c1.Cc1ccc(C)c(F)c1.Cc1ccc(C)cc1. The maximum atomic E-state index is 12.6. The molecule has 1 aliphatic carbocycles. The molecule has 0 aromatic heterocycles. The monoisotopic (exact) mass is 927 g/mol. The predicted molar refractivity (Wildman–Crippen MR) is 273 cm³/mol. The molecule has 0 bridgehead atoms. The van der Waals surface area contributed by atoms with Gasteiger partial charge in [-0.2, -0.15) is 0 Å². The predicted octanol–water partition coefficient (Wildman–Crippen LogP) is 15.7. The molecule has 1 saturated carbocycles. The Hall–Kier alpha value is -2.72. The zero-order valence-corrected chi connectivity index (χ0v) is 44.7. The van der Waals surface area contributed by atoms with Crippen molar-refractivity contribution in [2.45, 2.75) is 187 Å². The molecule has 4 saturated heterocycles. The van der Waals surface area contributed by atoms with E-state index >= 15 is 0 Å². The lowest BCUT2D eigenvalue weighted by atomic mass is 9.84. The number of halogens is 2. The third-order valence-corrected chi connectivity index (χ3v) is 12.1. The Kier molecular flexibility index (Phi) is 32.9. The first-order chi connectivity index (χ1) is 31.1. The lowest BCUT2D eigenvalue weighted by Gasteiger charge is -2.24. The van der Waals surface area contributed by atoms with Crippen LogP contribution in [0.1, 0.15) is 154 Å². The van der Waals surface area contributed by atoms with Crippen molar-refractivity contribution in [2.24, 2.45) is 35.5 Å². The molecule has 0 spiro atoms. The fourth-order valence-electron chi connectivity index (χ4n) is 6.88. The molecule has 66 heavy (non-hydrogen) atoms. The van der Waals surface area contributed by atoms with Crippen LogP contribution in [0, 0.1) is 88.7 Å². The van der Waals surface area contributed by atoms with Crippen molar-refractivity contribution in [2.75, 3.05) is 39.6 Å². The van der Waals surface area contributed by atoms with Gasteiger partial charge in [0, 0.05) is 25.0 Å². The van der Waals surface area contributed by atoms with E-state index in [1.165, 1.54) is 74.6 Å². The highest BCUT2D eigenvalue weighted by atomic mass is 19.1. The van der Waals surface area contributed by atoms with Crippen LogP contribution in [-0.2, 0) is 28.4 Å². The van der Waals surface area contributed by atoms with Gasteiger partial charge < -0.3 is 28.4 Å².